The van der Waals surface area contributed by atoms with Crippen LogP contribution in [0.3, 0.4) is 0 Å². The summed E-state index contributed by atoms with van der Waals surface area (Å²) in [4.78, 5) is 4.27. The maximum Gasteiger partial charge on any atom is 0.153 e. The Morgan fingerprint density at radius 1 is 1.55 bits per heavy atom. The van der Waals surface area contributed by atoms with E-state index in [0.717, 1.165) is 18.2 Å². The number of H-pyrrole nitrogens is 1. The van der Waals surface area contributed by atoms with Crippen molar-refractivity contribution in [2.75, 3.05) is 7.05 Å². The average Bonchev–Trinajstić information content (AvgIpc) is 2.37. The molecule has 0 amide bonds. The van der Waals surface area contributed by atoms with Crippen molar-refractivity contribution >= 4 is 0 Å². The smallest absolute Gasteiger partial charge is 0.153 e. The molecule has 0 spiro atoms. The molecule has 0 aliphatic heterocycles. The van der Waals surface area contributed by atoms with E-state index in [9.17, 15) is 0 Å². The zero-order valence-corrected chi connectivity index (χ0v) is 7.18. The number of aromatic nitrogens is 3. The van der Waals surface area contributed by atoms with E-state index in [1.54, 1.807) is 0 Å². The molecular weight excluding hydrogens is 140 g/mol. The van der Waals surface area contributed by atoms with Crippen LogP contribution >= 0.6 is 0 Å². The number of hydrogen-bond donors (Lipinski definition) is 2. The first-order valence-corrected chi connectivity index (χ1v) is 3.79. The van der Waals surface area contributed by atoms with E-state index >= 15 is 0 Å². The van der Waals surface area contributed by atoms with E-state index in [4.69, 9.17) is 0 Å². The Morgan fingerprint density at radius 2 is 2.27 bits per heavy atom. The second-order valence-corrected chi connectivity index (χ2v) is 2.83. The lowest BCUT2D eigenvalue weighted by molar-refractivity contribution is 0.758. The highest BCUT2D eigenvalue weighted by Crippen LogP contribution is 2.06. The van der Waals surface area contributed by atoms with Crippen molar-refractivity contribution in [2.45, 2.75) is 26.3 Å². The average molecular weight is 154 g/mol. The van der Waals surface area contributed by atoms with Gasteiger partial charge >= 0.3 is 0 Å². The summed E-state index contributed by atoms with van der Waals surface area (Å²) in [5.41, 5.74) is 0. The number of aromatic amines is 1. The third kappa shape index (κ3) is 2.01. The molecule has 1 aromatic heterocycles. The number of nitrogens with zero attached hydrogens (tertiary/aromatic N) is 2. The molecule has 2 N–H and O–H groups in total. The molecule has 11 heavy (non-hydrogen) atoms. The van der Waals surface area contributed by atoms with Gasteiger partial charge in [0.2, 0.25) is 0 Å². The van der Waals surface area contributed by atoms with Gasteiger partial charge in [0.15, 0.2) is 5.82 Å². The highest BCUT2D eigenvalue weighted by atomic mass is 15.2. The zero-order valence-electron chi connectivity index (χ0n) is 7.18. The summed E-state index contributed by atoms with van der Waals surface area (Å²) in [5, 5.41) is 9.93. The molecule has 4 nitrogen and oxygen atoms in total. The molecule has 0 aliphatic rings. The molecule has 0 saturated heterocycles. The second kappa shape index (κ2) is 3.48. The van der Waals surface area contributed by atoms with Crippen molar-refractivity contribution in [2.24, 2.45) is 0 Å². The molecule has 1 aromatic rings. The quantitative estimate of drug-likeness (QED) is 0.672. The fraction of sp³-hybridized carbons (Fsp3) is 0.714. The largest absolute Gasteiger partial charge is 0.313 e. The van der Waals surface area contributed by atoms with Gasteiger partial charge < -0.3 is 5.32 Å². The van der Waals surface area contributed by atoms with E-state index in [0.29, 0.717) is 5.92 Å². The highest BCUT2D eigenvalue weighted by Gasteiger charge is 2.04. The number of nitrogens with one attached hydrogen (secondary N) is 2. The van der Waals surface area contributed by atoms with Crippen LogP contribution in [0.15, 0.2) is 0 Å². The van der Waals surface area contributed by atoms with Crippen molar-refractivity contribution < 1.29 is 0 Å². The third-order valence-corrected chi connectivity index (χ3v) is 1.41. The first-order valence-electron chi connectivity index (χ1n) is 3.79. The predicted octanol–water partition coefficient (Wildman–Crippen LogP) is 0.647. The Bertz CT molecular complexity index is 216. The number of rotatable bonds is 3. The Balaban J connectivity index is 2.66. The molecule has 0 bridgehead atoms. The van der Waals surface area contributed by atoms with Crippen LogP contribution in [0.4, 0.5) is 0 Å². The Labute approximate surface area is 66.4 Å². The minimum atomic E-state index is 0.400. The standard InChI is InChI=1S/C7H14N4/c1-5(2)7-9-6(4-8-3)10-11-7/h5,8H,4H2,1-3H3,(H,9,10,11). The van der Waals surface area contributed by atoms with E-state index in [1.807, 2.05) is 7.05 Å². The molecule has 1 heterocycles. The molecular formula is C7H14N4. The van der Waals surface area contributed by atoms with Gasteiger partial charge in [-0.1, -0.05) is 13.8 Å². The van der Waals surface area contributed by atoms with Crippen LogP contribution in [-0.4, -0.2) is 22.2 Å². The van der Waals surface area contributed by atoms with Crippen molar-refractivity contribution in [3.63, 3.8) is 0 Å². The van der Waals surface area contributed by atoms with Gasteiger partial charge in [-0.25, -0.2) is 4.98 Å². The number of hydrogen-bond acceptors (Lipinski definition) is 3. The maximum atomic E-state index is 4.27. The van der Waals surface area contributed by atoms with Gasteiger partial charge in [-0.05, 0) is 7.05 Å². The Hall–Kier alpha value is -0.900. The molecule has 0 aliphatic carbocycles. The maximum absolute atomic E-state index is 4.27. The molecule has 0 unspecified atom stereocenters. The van der Waals surface area contributed by atoms with Gasteiger partial charge in [-0.2, -0.15) is 5.10 Å². The lowest BCUT2D eigenvalue weighted by atomic mass is 10.2. The van der Waals surface area contributed by atoms with Crippen molar-refractivity contribution in [3.05, 3.63) is 11.6 Å². The minimum Gasteiger partial charge on any atom is -0.313 e. The van der Waals surface area contributed by atoms with Gasteiger partial charge in [0.1, 0.15) is 5.82 Å². The fourth-order valence-corrected chi connectivity index (χ4v) is 0.815. The monoisotopic (exact) mass is 154 g/mol. The summed E-state index contributed by atoms with van der Waals surface area (Å²) in [7, 11) is 1.89. The summed E-state index contributed by atoms with van der Waals surface area (Å²) in [6.45, 7) is 4.90. The zero-order chi connectivity index (χ0) is 8.27. The van der Waals surface area contributed by atoms with Crippen LogP contribution in [-0.2, 0) is 6.54 Å². The van der Waals surface area contributed by atoms with E-state index in [1.165, 1.54) is 0 Å². The summed E-state index contributed by atoms with van der Waals surface area (Å²) < 4.78 is 0. The van der Waals surface area contributed by atoms with E-state index in [-0.39, 0.29) is 0 Å². The predicted molar refractivity (Wildman–Crippen MR) is 43.2 cm³/mol. The second-order valence-electron chi connectivity index (χ2n) is 2.83. The molecule has 0 aromatic carbocycles. The van der Waals surface area contributed by atoms with Crippen molar-refractivity contribution in [1.29, 1.82) is 0 Å². The van der Waals surface area contributed by atoms with Crippen LogP contribution < -0.4 is 5.32 Å². The highest BCUT2D eigenvalue weighted by molar-refractivity contribution is 4.94. The van der Waals surface area contributed by atoms with Crippen LogP contribution in [0.5, 0.6) is 0 Å². The lowest BCUT2D eigenvalue weighted by Gasteiger charge is -1.93. The van der Waals surface area contributed by atoms with Gasteiger partial charge in [0.25, 0.3) is 0 Å². The molecule has 0 saturated carbocycles. The third-order valence-electron chi connectivity index (χ3n) is 1.41. The summed E-state index contributed by atoms with van der Waals surface area (Å²) in [5.74, 6) is 2.18. The molecule has 0 fully saturated rings. The van der Waals surface area contributed by atoms with Gasteiger partial charge in [-0.15, -0.1) is 0 Å². The van der Waals surface area contributed by atoms with Crippen LogP contribution in [0.1, 0.15) is 31.4 Å². The van der Waals surface area contributed by atoms with E-state index < -0.39 is 0 Å². The van der Waals surface area contributed by atoms with Crippen LogP contribution in [0.2, 0.25) is 0 Å². The van der Waals surface area contributed by atoms with Crippen molar-refractivity contribution in [3.8, 4) is 0 Å². The van der Waals surface area contributed by atoms with Gasteiger partial charge in [-0.3, -0.25) is 5.10 Å². The molecule has 0 atom stereocenters. The van der Waals surface area contributed by atoms with Gasteiger partial charge in [0.05, 0.1) is 6.54 Å². The summed E-state index contributed by atoms with van der Waals surface area (Å²) >= 11 is 0. The Morgan fingerprint density at radius 3 is 2.73 bits per heavy atom. The minimum absolute atomic E-state index is 0.400. The normalized spacial score (nSPS) is 10.9. The fourth-order valence-electron chi connectivity index (χ4n) is 0.815. The van der Waals surface area contributed by atoms with E-state index in [2.05, 4.69) is 34.3 Å². The first kappa shape index (κ1) is 8.20. The SMILES string of the molecule is CNCc1nc(C(C)C)n[nH]1. The van der Waals surface area contributed by atoms with Crippen LogP contribution in [0, 0.1) is 0 Å². The molecule has 62 valence electrons. The summed E-state index contributed by atoms with van der Waals surface area (Å²) in [6, 6.07) is 0. The van der Waals surface area contributed by atoms with Crippen molar-refractivity contribution in [1.82, 2.24) is 20.5 Å². The summed E-state index contributed by atoms with van der Waals surface area (Å²) in [6.07, 6.45) is 0. The van der Waals surface area contributed by atoms with Gasteiger partial charge in [0, 0.05) is 5.92 Å². The molecule has 4 heteroatoms. The van der Waals surface area contributed by atoms with Crippen LogP contribution in [0.25, 0.3) is 0 Å². The topological polar surface area (TPSA) is 53.6 Å². The molecule has 1 rings (SSSR count). The Kier molecular flexibility index (Phi) is 2.59. The first-order chi connectivity index (χ1) is 5.24. The lowest BCUT2D eigenvalue weighted by Crippen LogP contribution is -2.06. The molecule has 0 radical (unpaired) electrons.